The molecular weight excluding hydrogens is 302 g/mol. The summed E-state index contributed by atoms with van der Waals surface area (Å²) in [6.45, 7) is 3.74. The number of anilines is 2. The van der Waals surface area contributed by atoms with Gasteiger partial charge in [0.1, 0.15) is 11.0 Å². The van der Waals surface area contributed by atoms with Crippen molar-refractivity contribution in [3.8, 4) is 0 Å². The van der Waals surface area contributed by atoms with Crippen molar-refractivity contribution in [3.63, 3.8) is 0 Å². The van der Waals surface area contributed by atoms with E-state index in [-0.39, 0.29) is 10.3 Å². The van der Waals surface area contributed by atoms with Gasteiger partial charge in [0.15, 0.2) is 5.82 Å². The number of aryl methyl sites for hydroxylation is 1. The SMILES string of the molecule is CCc1c(Cl)nc(S(C)(=O)=O)nc1Nc1cc(C)[nH]n1. The Bertz CT molecular complexity index is 741. The van der Waals surface area contributed by atoms with Crippen molar-refractivity contribution in [3.05, 3.63) is 22.5 Å². The van der Waals surface area contributed by atoms with Crippen LogP contribution in [0, 0.1) is 6.92 Å². The van der Waals surface area contributed by atoms with E-state index in [9.17, 15) is 8.42 Å². The first-order chi connectivity index (χ1) is 9.31. The van der Waals surface area contributed by atoms with E-state index in [4.69, 9.17) is 11.6 Å². The topological polar surface area (TPSA) is 101 Å². The molecule has 2 aromatic heterocycles. The molecule has 0 saturated carbocycles. The van der Waals surface area contributed by atoms with Gasteiger partial charge in [-0.3, -0.25) is 5.10 Å². The lowest BCUT2D eigenvalue weighted by atomic mass is 10.2. The summed E-state index contributed by atoms with van der Waals surface area (Å²) < 4.78 is 23.1. The first kappa shape index (κ1) is 14.7. The highest BCUT2D eigenvalue weighted by molar-refractivity contribution is 7.90. The number of nitrogens with zero attached hydrogens (tertiary/aromatic N) is 3. The lowest BCUT2D eigenvalue weighted by Gasteiger charge is -2.10. The van der Waals surface area contributed by atoms with Crippen LogP contribution in [0.15, 0.2) is 11.2 Å². The second kappa shape index (κ2) is 5.37. The minimum absolute atomic E-state index is 0.123. The minimum Gasteiger partial charge on any atom is -0.323 e. The van der Waals surface area contributed by atoms with Crippen molar-refractivity contribution in [1.29, 1.82) is 0 Å². The Morgan fingerprint density at radius 3 is 2.60 bits per heavy atom. The Morgan fingerprint density at radius 1 is 1.40 bits per heavy atom. The van der Waals surface area contributed by atoms with E-state index in [1.807, 2.05) is 13.8 Å². The third-order valence-electron chi connectivity index (χ3n) is 2.57. The Labute approximate surface area is 121 Å². The first-order valence-electron chi connectivity index (χ1n) is 5.86. The molecule has 2 aromatic rings. The van der Waals surface area contributed by atoms with Crippen molar-refractivity contribution >= 4 is 33.1 Å². The monoisotopic (exact) mass is 315 g/mol. The molecule has 20 heavy (non-hydrogen) atoms. The number of nitrogens with one attached hydrogen (secondary N) is 2. The summed E-state index contributed by atoms with van der Waals surface area (Å²) in [5, 5.41) is 9.57. The average Bonchev–Trinajstić information content (AvgIpc) is 2.73. The molecule has 0 amide bonds. The summed E-state index contributed by atoms with van der Waals surface area (Å²) in [5.74, 6) is 0.880. The van der Waals surface area contributed by atoms with Crippen LogP contribution in [0.25, 0.3) is 0 Å². The van der Waals surface area contributed by atoms with E-state index < -0.39 is 9.84 Å². The van der Waals surface area contributed by atoms with Crippen molar-refractivity contribution in [1.82, 2.24) is 20.2 Å². The zero-order valence-corrected chi connectivity index (χ0v) is 12.8. The van der Waals surface area contributed by atoms with E-state index in [2.05, 4.69) is 25.5 Å². The molecule has 0 bridgehead atoms. The normalized spacial score (nSPS) is 11.6. The second-order valence-corrected chi connectivity index (χ2v) is 6.58. The largest absolute Gasteiger partial charge is 0.323 e. The molecular formula is C11H14ClN5O2S. The standard InChI is InChI=1S/C11H14ClN5O2S/c1-4-7-9(12)14-11(20(3,18)19)15-10(7)13-8-5-6(2)16-17-8/h5H,4H2,1-3H3,(H2,13,14,15,16,17). The molecule has 0 spiro atoms. The number of aromatic nitrogens is 4. The fourth-order valence-corrected chi connectivity index (χ4v) is 2.49. The molecule has 9 heteroatoms. The van der Waals surface area contributed by atoms with Crippen LogP contribution in [0.4, 0.5) is 11.6 Å². The maximum atomic E-state index is 11.6. The fourth-order valence-electron chi connectivity index (χ4n) is 1.62. The van der Waals surface area contributed by atoms with Crippen LogP contribution in [0.5, 0.6) is 0 Å². The maximum absolute atomic E-state index is 11.6. The summed E-state index contributed by atoms with van der Waals surface area (Å²) in [7, 11) is -3.53. The molecule has 0 atom stereocenters. The molecule has 2 N–H and O–H groups in total. The number of halogens is 1. The van der Waals surface area contributed by atoms with E-state index in [0.29, 0.717) is 23.6 Å². The summed E-state index contributed by atoms with van der Waals surface area (Å²) in [6, 6.07) is 1.77. The predicted octanol–water partition coefficient (Wildman–Crippen LogP) is 1.87. The van der Waals surface area contributed by atoms with Crippen LogP contribution < -0.4 is 5.32 Å². The summed E-state index contributed by atoms with van der Waals surface area (Å²) in [5.41, 5.74) is 1.51. The minimum atomic E-state index is -3.53. The zero-order chi connectivity index (χ0) is 14.9. The molecule has 0 aliphatic rings. The molecule has 2 rings (SSSR count). The van der Waals surface area contributed by atoms with Crippen molar-refractivity contribution < 1.29 is 8.42 Å². The molecule has 0 aromatic carbocycles. The maximum Gasteiger partial charge on any atom is 0.250 e. The van der Waals surface area contributed by atoms with Gasteiger partial charge in [-0.05, 0) is 13.3 Å². The highest BCUT2D eigenvalue weighted by Crippen LogP contribution is 2.25. The fraction of sp³-hybridized carbons (Fsp3) is 0.364. The van der Waals surface area contributed by atoms with Gasteiger partial charge in [0.05, 0.1) is 0 Å². The Balaban J connectivity index is 2.52. The smallest absolute Gasteiger partial charge is 0.250 e. The van der Waals surface area contributed by atoms with E-state index in [0.717, 1.165) is 11.9 Å². The zero-order valence-electron chi connectivity index (χ0n) is 11.2. The Morgan fingerprint density at radius 2 is 2.10 bits per heavy atom. The van der Waals surface area contributed by atoms with E-state index >= 15 is 0 Å². The van der Waals surface area contributed by atoms with Gasteiger partial charge in [0.2, 0.25) is 15.0 Å². The Hall–Kier alpha value is -1.67. The molecule has 0 fully saturated rings. The second-order valence-electron chi connectivity index (χ2n) is 4.31. The van der Waals surface area contributed by atoms with Crippen molar-refractivity contribution in [2.45, 2.75) is 25.4 Å². The number of sulfone groups is 1. The number of rotatable bonds is 4. The molecule has 0 aliphatic heterocycles. The van der Waals surface area contributed by atoms with Gasteiger partial charge >= 0.3 is 0 Å². The number of hydrogen-bond donors (Lipinski definition) is 2. The number of aromatic amines is 1. The summed E-state index contributed by atoms with van der Waals surface area (Å²) >= 11 is 6.03. The van der Waals surface area contributed by atoms with E-state index in [1.54, 1.807) is 6.07 Å². The van der Waals surface area contributed by atoms with Crippen LogP contribution in [0.2, 0.25) is 5.15 Å². The highest BCUT2D eigenvalue weighted by atomic mass is 35.5. The Kier molecular flexibility index (Phi) is 3.96. The molecule has 0 aliphatic carbocycles. The van der Waals surface area contributed by atoms with E-state index in [1.165, 1.54) is 0 Å². The van der Waals surface area contributed by atoms with Crippen LogP contribution in [-0.4, -0.2) is 34.8 Å². The van der Waals surface area contributed by atoms with Crippen molar-refractivity contribution in [2.75, 3.05) is 11.6 Å². The van der Waals surface area contributed by atoms with Crippen LogP contribution in [0.1, 0.15) is 18.2 Å². The van der Waals surface area contributed by atoms with Gasteiger partial charge in [0, 0.05) is 23.6 Å². The third kappa shape index (κ3) is 3.07. The van der Waals surface area contributed by atoms with Crippen LogP contribution in [-0.2, 0) is 16.3 Å². The van der Waals surface area contributed by atoms with Crippen molar-refractivity contribution in [2.24, 2.45) is 0 Å². The third-order valence-corrected chi connectivity index (χ3v) is 3.73. The van der Waals surface area contributed by atoms with Gasteiger partial charge < -0.3 is 5.32 Å². The van der Waals surface area contributed by atoms with Crippen LogP contribution in [0.3, 0.4) is 0 Å². The molecule has 2 heterocycles. The lowest BCUT2D eigenvalue weighted by molar-refractivity contribution is 0.593. The average molecular weight is 316 g/mol. The lowest BCUT2D eigenvalue weighted by Crippen LogP contribution is -2.09. The molecule has 108 valence electrons. The summed E-state index contributed by atoms with van der Waals surface area (Å²) in [4.78, 5) is 7.85. The number of H-pyrrole nitrogens is 1. The van der Waals surface area contributed by atoms with Gasteiger partial charge in [-0.15, -0.1) is 0 Å². The van der Waals surface area contributed by atoms with Gasteiger partial charge in [0.25, 0.3) is 0 Å². The van der Waals surface area contributed by atoms with Gasteiger partial charge in [-0.2, -0.15) is 5.10 Å². The quantitative estimate of drug-likeness (QED) is 0.660. The molecule has 0 radical (unpaired) electrons. The highest BCUT2D eigenvalue weighted by Gasteiger charge is 2.18. The molecule has 7 nitrogen and oxygen atoms in total. The number of hydrogen-bond acceptors (Lipinski definition) is 6. The van der Waals surface area contributed by atoms with Gasteiger partial charge in [-0.1, -0.05) is 18.5 Å². The summed E-state index contributed by atoms with van der Waals surface area (Å²) in [6.07, 6.45) is 1.60. The molecule has 0 unspecified atom stereocenters. The van der Waals surface area contributed by atoms with Crippen LogP contribution >= 0.6 is 11.6 Å². The first-order valence-corrected chi connectivity index (χ1v) is 8.13. The molecule has 0 saturated heterocycles. The van der Waals surface area contributed by atoms with Gasteiger partial charge in [-0.25, -0.2) is 18.4 Å². The predicted molar refractivity (Wildman–Crippen MR) is 76.1 cm³/mol.